The Morgan fingerprint density at radius 2 is 1.40 bits per heavy atom. The molecule has 0 bridgehead atoms. The number of likely N-dealkylation sites (tertiary alicyclic amines) is 1. The van der Waals surface area contributed by atoms with Crippen LogP contribution in [0.1, 0.15) is 44.9 Å². The number of carbonyl (C=O) groups excluding carboxylic acids is 1. The van der Waals surface area contributed by atoms with Gasteiger partial charge in [0.05, 0.1) is 23.6 Å². The maximum Gasteiger partial charge on any atom is 0.280 e. The average molecular weight is 724 g/mol. The Morgan fingerprint density at radius 3 is 2.10 bits per heavy atom. The van der Waals surface area contributed by atoms with E-state index in [1.54, 1.807) is 12.1 Å². The number of fused-ring (bicyclic) bond motifs is 1. The molecule has 0 radical (unpaired) electrons. The molecule has 3 fully saturated rings. The Balaban J connectivity index is 1.13. The third-order valence-electron chi connectivity index (χ3n) is 10.1. The second kappa shape index (κ2) is 14.1. The molecule has 3 atom stereocenters. The molecule has 0 unspecified atom stereocenters. The predicted octanol–water partition coefficient (Wildman–Crippen LogP) is 7.28. The van der Waals surface area contributed by atoms with Gasteiger partial charge in [-0.2, -0.15) is 4.31 Å². The number of alkyl halides is 2. The Hall–Kier alpha value is -3.77. The summed E-state index contributed by atoms with van der Waals surface area (Å²) in [5, 5.41) is 2.17. The minimum Gasteiger partial charge on any atom is -0.490 e. The van der Waals surface area contributed by atoms with Crippen molar-refractivity contribution in [3.05, 3.63) is 90.0 Å². The van der Waals surface area contributed by atoms with Gasteiger partial charge in [-0.05, 0) is 109 Å². The topological polar surface area (TPSA) is 102 Å². The van der Waals surface area contributed by atoms with Gasteiger partial charge < -0.3 is 20.1 Å². The summed E-state index contributed by atoms with van der Waals surface area (Å²) in [7, 11) is -4.21. The standard InChI is InChI=1S/C38H40ClF2N3O5S/c39-29-11-5-25(6-12-29)26-7-13-31(14-8-26)49-33-17-20-44(35(23-33)37(45)43-19-18-36(42)38(40,41)24-43)50(46,47)34-16-10-27-21-32(15-9-28(27)22-34)48-30-3-1-2-4-30/h5-16,21-22,30,33,35-36H,1-4,17-20,23-24,42H2/t33-,35-,36-/m0/s1. The van der Waals surface area contributed by atoms with Crippen molar-refractivity contribution >= 4 is 38.3 Å². The zero-order valence-electron chi connectivity index (χ0n) is 27.5. The van der Waals surface area contributed by atoms with Crippen LogP contribution in [0.4, 0.5) is 8.78 Å². The van der Waals surface area contributed by atoms with Gasteiger partial charge in [0.1, 0.15) is 23.6 Å². The van der Waals surface area contributed by atoms with Crippen molar-refractivity contribution in [1.29, 1.82) is 0 Å². The van der Waals surface area contributed by atoms with Crippen molar-refractivity contribution in [3.63, 3.8) is 0 Å². The SMILES string of the molecule is N[C@H]1CCN(C(=O)[C@@H]2C[C@@H](Oc3ccc(-c4ccc(Cl)cc4)cc3)CCN2S(=O)(=O)c2ccc3cc(OC4CCCC4)ccc3c2)CC1(F)F. The maximum absolute atomic E-state index is 14.7. The highest BCUT2D eigenvalue weighted by molar-refractivity contribution is 7.89. The van der Waals surface area contributed by atoms with Gasteiger partial charge in [0.2, 0.25) is 15.9 Å². The van der Waals surface area contributed by atoms with Crippen molar-refractivity contribution in [2.75, 3.05) is 19.6 Å². The highest BCUT2D eigenvalue weighted by Crippen LogP contribution is 2.34. The first-order chi connectivity index (χ1) is 24.0. The second-order valence-electron chi connectivity index (χ2n) is 13.5. The van der Waals surface area contributed by atoms with Gasteiger partial charge in [-0.25, -0.2) is 17.2 Å². The molecule has 1 aliphatic carbocycles. The van der Waals surface area contributed by atoms with Crippen LogP contribution in [0.15, 0.2) is 89.8 Å². The molecular weight excluding hydrogens is 684 g/mol. The summed E-state index contributed by atoms with van der Waals surface area (Å²) in [5.41, 5.74) is 7.60. The molecule has 1 saturated carbocycles. The van der Waals surface area contributed by atoms with E-state index in [2.05, 4.69) is 0 Å². The number of rotatable bonds is 8. The molecule has 2 heterocycles. The number of hydrogen-bond acceptors (Lipinski definition) is 6. The summed E-state index contributed by atoms with van der Waals surface area (Å²) >= 11 is 6.03. The molecule has 50 heavy (non-hydrogen) atoms. The Labute approximate surface area is 296 Å². The van der Waals surface area contributed by atoms with Gasteiger partial charge in [-0.3, -0.25) is 4.79 Å². The molecular formula is C38H40ClF2N3O5S. The van der Waals surface area contributed by atoms with Crippen molar-refractivity contribution in [2.24, 2.45) is 5.73 Å². The minimum absolute atomic E-state index is 0.000566. The molecule has 2 aliphatic heterocycles. The normalized spacial score (nSPS) is 23.2. The van der Waals surface area contributed by atoms with Gasteiger partial charge in [0, 0.05) is 24.5 Å². The van der Waals surface area contributed by atoms with Crippen LogP contribution < -0.4 is 15.2 Å². The van der Waals surface area contributed by atoms with E-state index in [1.165, 1.54) is 6.07 Å². The lowest BCUT2D eigenvalue weighted by molar-refractivity contribution is -0.149. The van der Waals surface area contributed by atoms with E-state index in [4.69, 9.17) is 26.8 Å². The van der Waals surface area contributed by atoms with Crippen LogP contribution >= 0.6 is 11.6 Å². The van der Waals surface area contributed by atoms with E-state index in [0.717, 1.165) is 57.2 Å². The molecule has 0 spiro atoms. The number of ether oxygens (including phenoxy) is 2. The molecule has 1 amide bonds. The molecule has 7 rings (SSSR count). The van der Waals surface area contributed by atoms with Crippen LogP contribution in [-0.2, 0) is 14.8 Å². The van der Waals surface area contributed by atoms with E-state index in [1.807, 2.05) is 66.7 Å². The van der Waals surface area contributed by atoms with E-state index < -0.39 is 46.6 Å². The van der Waals surface area contributed by atoms with Crippen LogP contribution in [-0.4, -0.2) is 73.4 Å². The fourth-order valence-corrected chi connectivity index (χ4v) is 8.99. The summed E-state index contributed by atoms with van der Waals surface area (Å²) < 4.78 is 71.5. The molecule has 8 nitrogen and oxygen atoms in total. The number of nitrogens with zero attached hydrogens (tertiary/aromatic N) is 2. The third kappa shape index (κ3) is 7.32. The summed E-state index contributed by atoms with van der Waals surface area (Å²) in [6.45, 7) is -0.878. The second-order valence-corrected chi connectivity index (χ2v) is 15.9. The first-order valence-electron chi connectivity index (χ1n) is 17.1. The number of nitrogens with two attached hydrogens (primary N) is 1. The van der Waals surface area contributed by atoms with Gasteiger partial charge >= 0.3 is 0 Å². The van der Waals surface area contributed by atoms with Gasteiger partial charge in [0.25, 0.3) is 5.92 Å². The van der Waals surface area contributed by atoms with Crippen LogP contribution in [0.5, 0.6) is 11.5 Å². The number of benzene rings is 4. The summed E-state index contributed by atoms with van der Waals surface area (Å²) in [6, 6.07) is 22.7. The number of amides is 1. The number of piperidine rings is 2. The largest absolute Gasteiger partial charge is 0.490 e. The van der Waals surface area contributed by atoms with Crippen molar-refractivity contribution in [3.8, 4) is 22.6 Å². The van der Waals surface area contributed by atoms with Crippen LogP contribution in [0.25, 0.3) is 21.9 Å². The zero-order valence-corrected chi connectivity index (χ0v) is 29.1. The van der Waals surface area contributed by atoms with Gasteiger partial charge in [-0.15, -0.1) is 0 Å². The molecule has 4 aromatic rings. The fraction of sp³-hybridized carbons (Fsp3) is 0.395. The maximum atomic E-state index is 14.7. The van der Waals surface area contributed by atoms with Gasteiger partial charge in [-0.1, -0.05) is 48.0 Å². The highest BCUT2D eigenvalue weighted by Gasteiger charge is 2.48. The molecule has 264 valence electrons. The zero-order chi connectivity index (χ0) is 35.0. The number of hydrogen-bond donors (Lipinski definition) is 1. The van der Waals surface area contributed by atoms with Crippen molar-refractivity contribution < 1.29 is 31.5 Å². The molecule has 12 heteroatoms. The average Bonchev–Trinajstić information content (AvgIpc) is 3.62. The fourth-order valence-electron chi connectivity index (χ4n) is 7.22. The van der Waals surface area contributed by atoms with E-state index in [-0.39, 0.29) is 36.9 Å². The van der Waals surface area contributed by atoms with Crippen LogP contribution in [0.2, 0.25) is 5.02 Å². The number of carbonyl (C=O) groups is 1. The van der Waals surface area contributed by atoms with Crippen LogP contribution in [0.3, 0.4) is 0 Å². The minimum atomic E-state index is -4.21. The van der Waals surface area contributed by atoms with E-state index >= 15 is 0 Å². The highest BCUT2D eigenvalue weighted by atomic mass is 35.5. The summed E-state index contributed by atoms with van der Waals surface area (Å²) in [5.74, 6) is -2.67. The molecule has 4 aromatic carbocycles. The molecule has 2 saturated heterocycles. The smallest absolute Gasteiger partial charge is 0.280 e. The van der Waals surface area contributed by atoms with Crippen molar-refractivity contribution in [2.45, 2.75) is 80.1 Å². The lowest BCUT2D eigenvalue weighted by Gasteiger charge is -2.42. The Bertz CT molecular complexity index is 1960. The summed E-state index contributed by atoms with van der Waals surface area (Å²) in [6.07, 6.45) is 4.23. The number of sulfonamides is 1. The predicted molar refractivity (Wildman–Crippen MR) is 189 cm³/mol. The molecule has 3 aliphatic rings. The number of halogens is 3. The molecule has 2 N–H and O–H groups in total. The lowest BCUT2D eigenvalue weighted by atomic mass is 9.97. The Morgan fingerprint density at radius 1 is 0.780 bits per heavy atom. The van der Waals surface area contributed by atoms with Crippen LogP contribution in [0, 0.1) is 0 Å². The summed E-state index contributed by atoms with van der Waals surface area (Å²) in [4.78, 5) is 15.1. The first-order valence-corrected chi connectivity index (χ1v) is 19.0. The lowest BCUT2D eigenvalue weighted by Crippen LogP contribution is -2.62. The van der Waals surface area contributed by atoms with Crippen molar-refractivity contribution in [1.82, 2.24) is 9.21 Å². The van der Waals surface area contributed by atoms with E-state index in [9.17, 15) is 22.0 Å². The van der Waals surface area contributed by atoms with E-state index in [0.29, 0.717) is 22.6 Å². The quantitative estimate of drug-likeness (QED) is 0.205. The molecule has 0 aromatic heterocycles. The first kappa shape index (κ1) is 34.7. The third-order valence-corrected chi connectivity index (χ3v) is 12.2. The van der Waals surface area contributed by atoms with Gasteiger partial charge in [0.15, 0.2) is 0 Å². The Kier molecular flexibility index (Phi) is 9.77. The monoisotopic (exact) mass is 723 g/mol.